The number of nitrogens with zero attached hydrogens (tertiary/aromatic N) is 1. The molecule has 1 aliphatic carbocycles. The van der Waals surface area contributed by atoms with Gasteiger partial charge in [-0.05, 0) is 49.2 Å². The van der Waals surface area contributed by atoms with Gasteiger partial charge in [0.05, 0.1) is 17.5 Å². The van der Waals surface area contributed by atoms with Gasteiger partial charge in [0, 0.05) is 30.2 Å². The van der Waals surface area contributed by atoms with Crippen molar-refractivity contribution in [2.75, 3.05) is 5.32 Å². The predicted octanol–water partition coefficient (Wildman–Crippen LogP) is 4.51. The molecule has 0 unspecified atom stereocenters. The van der Waals surface area contributed by atoms with E-state index in [1.165, 1.54) is 18.3 Å². The molecule has 1 aromatic heterocycles. The molecule has 1 fully saturated rings. The number of halogens is 1. The zero-order chi connectivity index (χ0) is 19.1. The Bertz CT molecular complexity index is 1040. The molecule has 2 heterocycles. The van der Waals surface area contributed by atoms with Gasteiger partial charge in [-0.15, -0.1) is 0 Å². The molecule has 1 amide bonds. The smallest absolute Gasteiger partial charge is 0.259 e. The Morgan fingerprint density at radius 3 is 2.61 bits per heavy atom. The number of hydrogen-bond acceptors (Lipinski definition) is 4. The maximum Gasteiger partial charge on any atom is 0.259 e. The molecule has 5 rings (SSSR count). The van der Waals surface area contributed by atoms with Gasteiger partial charge in [-0.2, -0.15) is 5.10 Å². The lowest BCUT2D eigenvalue weighted by Crippen LogP contribution is -2.34. The minimum atomic E-state index is -0.536. The van der Waals surface area contributed by atoms with Crippen molar-refractivity contribution in [3.05, 3.63) is 60.0 Å². The van der Waals surface area contributed by atoms with Gasteiger partial charge in [0.2, 0.25) is 0 Å². The highest BCUT2D eigenvalue weighted by Gasteiger charge is 2.44. The largest absolute Gasteiger partial charge is 0.448 e. The van der Waals surface area contributed by atoms with Crippen LogP contribution in [0.3, 0.4) is 0 Å². The lowest BCUT2D eigenvalue weighted by molar-refractivity contribution is -0.0716. The lowest BCUT2D eigenvalue weighted by atomic mass is 10.1. The van der Waals surface area contributed by atoms with Crippen molar-refractivity contribution in [3.63, 3.8) is 0 Å². The molecule has 0 bridgehead atoms. The average Bonchev–Trinajstić information content (AvgIpc) is 3.42. The Balaban J connectivity index is 1.36. The van der Waals surface area contributed by atoms with Crippen LogP contribution >= 0.6 is 0 Å². The highest BCUT2D eigenvalue weighted by Crippen LogP contribution is 2.47. The third-order valence-electron chi connectivity index (χ3n) is 5.18. The molecule has 2 aliphatic rings. The number of nitrogens with one attached hydrogen (secondary N) is 2. The Morgan fingerprint density at radius 1 is 1.07 bits per heavy atom. The van der Waals surface area contributed by atoms with E-state index in [0.29, 0.717) is 34.0 Å². The molecule has 2 aromatic carbocycles. The maximum absolute atomic E-state index is 13.2. The lowest BCUT2D eigenvalue weighted by Gasteiger charge is -2.21. The van der Waals surface area contributed by atoms with Gasteiger partial charge in [-0.1, -0.05) is 0 Å². The molecule has 0 atom stereocenters. The van der Waals surface area contributed by atoms with E-state index in [2.05, 4.69) is 15.5 Å². The van der Waals surface area contributed by atoms with E-state index in [4.69, 9.17) is 9.47 Å². The first kappa shape index (κ1) is 16.8. The molecule has 0 radical (unpaired) electrons. The molecule has 7 heteroatoms. The summed E-state index contributed by atoms with van der Waals surface area (Å²) in [6.07, 6.45) is 5.38. The number of H-pyrrole nitrogens is 1. The summed E-state index contributed by atoms with van der Waals surface area (Å²) in [5.74, 6) is 0.156. The molecule has 0 saturated heterocycles. The molecule has 142 valence electrons. The number of aromatic nitrogens is 2. The monoisotopic (exact) mass is 379 g/mol. The van der Waals surface area contributed by atoms with Crippen LogP contribution in [0.1, 0.15) is 36.0 Å². The first-order valence-corrected chi connectivity index (χ1v) is 9.25. The Morgan fingerprint density at radius 2 is 1.82 bits per heavy atom. The third-order valence-corrected chi connectivity index (χ3v) is 5.18. The van der Waals surface area contributed by atoms with Crippen LogP contribution in [0.25, 0.3) is 11.3 Å². The zero-order valence-corrected chi connectivity index (χ0v) is 15.0. The number of carbonyl (C=O) groups excluding carboxylic acids is 1. The molecular formula is C21H18FN3O3. The second-order valence-electron chi connectivity index (χ2n) is 7.10. The van der Waals surface area contributed by atoms with Crippen molar-refractivity contribution < 1.29 is 18.7 Å². The second kappa shape index (κ2) is 6.37. The van der Waals surface area contributed by atoms with E-state index >= 15 is 0 Å². The van der Waals surface area contributed by atoms with E-state index in [-0.39, 0.29) is 11.7 Å². The van der Waals surface area contributed by atoms with E-state index in [0.717, 1.165) is 25.7 Å². The van der Waals surface area contributed by atoms with Crippen LogP contribution in [0, 0.1) is 5.82 Å². The van der Waals surface area contributed by atoms with Crippen LogP contribution < -0.4 is 14.8 Å². The number of fused-ring (bicyclic) bond motifs is 1. The van der Waals surface area contributed by atoms with E-state index in [1.54, 1.807) is 24.3 Å². The predicted molar refractivity (Wildman–Crippen MR) is 101 cm³/mol. The first-order valence-electron chi connectivity index (χ1n) is 9.25. The molecule has 3 aromatic rings. The van der Waals surface area contributed by atoms with Gasteiger partial charge in [-0.3, -0.25) is 9.89 Å². The van der Waals surface area contributed by atoms with Crippen LogP contribution in [-0.2, 0) is 0 Å². The fourth-order valence-electron chi connectivity index (χ4n) is 3.78. The van der Waals surface area contributed by atoms with E-state index in [1.807, 2.05) is 6.07 Å². The van der Waals surface area contributed by atoms with Gasteiger partial charge in [0.25, 0.3) is 11.7 Å². The summed E-state index contributed by atoms with van der Waals surface area (Å²) in [7, 11) is 0. The molecule has 2 N–H and O–H groups in total. The van der Waals surface area contributed by atoms with Crippen molar-refractivity contribution in [1.82, 2.24) is 10.2 Å². The van der Waals surface area contributed by atoms with Gasteiger partial charge < -0.3 is 14.8 Å². The normalized spacial score (nSPS) is 16.5. The van der Waals surface area contributed by atoms with Crippen LogP contribution in [0.4, 0.5) is 10.1 Å². The van der Waals surface area contributed by atoms with Crippen molar-refractivity contribution in [2.45, 2.75) is 31.5 Å². The number of hydrogen-bond donors (Lipinski definition) is 2. The number of amides is 1. The fraction of sp³-hybridized carbons (Fsp3) is 0.238. The number of anilines is 1. The topological polar surface area (TPSA) is 76.2 Å². The second-order valence-corrected chi connectivity index (χ2v) is 7.10. The van der Waals surface area contributed by atoms with Crippen molar-refractivity contribution in [3.8, 4) is 22.8 Å². The number of carbonyl (C=O) groups is 1. The third kappa shape index (κ3) is 2.89. The fourth-order valence-corrected chi connectivity index (χ4v) is 3.78. The summed E-state index contributed by atoms with van der Waals surface area (Å²) in [6, 6.07) is 11.3. The minimum Gasteiger partial charge on any atom is -0.448 e. The molecule has 28 heavy (non-hydrogen) atoms. The van der Waals surface area contributed by atoms with Gasteiger partial charge in [0.15, 0.2) is 11.5 Å². The quantitative estimate of drug-likeness (QED) is 0.702. The first-order chi connectivity index (χ1) is 13.6. The number of aromatic amines is 1. The van der Waals surface area contributed by atoms with Crippen LogP contribution in [0.5, 0.6) is 11.5 Å². The van der Waals surface area contributed by atoms with Crippen LogP contribution in [-0.4, -0.2) is 21.9 Å². The molecule has 1 aliphatic heterocycles. The van der Waals surface area contributed by atoms with Crippen molar-refractivity contribution >= 4 is 11.6 Å². The van der Waals surface area contributed by atoms with Gasteiger partial charge >= 0.3 is 0 Å². The molecule has 6 nitrogen and oxygen atoms in total. The van der Waals surface area contributed by atoms with Crippen LogP contribution in [0.15, 0.2) is 48.7 Å². The highest BCUT2D eigenvalue weighted by molar-refractivity contribution is 6.08. The minimum absolute atomic E-state index is 0.317. The van der Waals surface area contributed by atoms with Gasteiger partial charge in [0.1, 0.15) is 5.82 Å². The Labute approximate surface area is 160 Å². The summed E-state index contributed by atoms with van der Waals surface area (Å²) in [5.41, 5.74) is 2.19. The van der Waals surface area contributed by atoms with Crippen molar-refractivity contribution in [2.24, 2.45) is 0 Å². The van der Waals surface area contributed by atoms with Gasteiger partial charge in [-0.25, -0.2) is 4.39 Å². The number of ether oxygens (including phenoxy) is 2. The SMILES string of the molecule is O=C(Nc1ccc2c(c1)OC1(CCCC1)O2)c1cn[nH]c1-c1ccc(F)cc1. The summed E-state index contributed by atoms with van der Waals surface area (Å²) in [6.45, 7) is 0. The Hall–Kier alpha value is -3.35. The van der Waals surface area contributed by atoms with Crippen LogP contribution in [0.2, 0.25) is 0 Å². The highest BCUT2D eigenvalue weighted by atomic mass is 19.1. The Kier molecular flexibility index (Phi) is 3.82. The van der Waals surface area contributed by atoms with E-state index in [9.17, 15) is 9.18 Å². The van der Waals surface area contributed by atoms with E-state index < -0.39 is 5.79 Å². The molecule has 1 spiro atoms. The molecular weight excluding hydrogens is 361 g/mol. The number of benzene rings is 2. The molecule has 1 saturated carbocycles. The maximum atomic E-state index is 13.2. The summed E-state index contributed by atoms with van der Waals surface area (Å²) >= 11 is 0. The zero-order valence-electron chi connectivity index (χ0n) is 15.0. The summed E-state index contributed by atoms with van der Waals surface area (Å²) < 4.78 is 25.2. The van der Waals surface area contributed by atoms with Crippen molar-refractivity contribution in [1.29, 1.82) is 0 Å². The summed E-state index contributed by atoms with van der Waals surface area (Å²) in [4.78, 5) is 12.8. The summed E-state index contributed by atoms with van der Waals surface area (Å²) in [5, 5.41) is 9.64. The average molecular weight is 379 g/mol. The number of rotatable bonds is 3. The standard InChI is InChI=1S/C21H18FN3O3/c22-14-5-3-13(4-6-14)19-16(12-23-25-19)20(26)24-15-7-8-17-18(11-15)28-21(27-17)9-1-2-10-21/h3-8,11-12H,1-2,9-10H2,(H,23,25)(H,24,26).